The van der Waals surface area contributed by atoms with Gasteiger partial charge in [0.25, 0.3) is 0 Å². The minimum Gasteiger partial charge on any atom is -0.423 e. The maximum absolute atomic E-state index is 14.7. The zero-order chi connectivity index (χ0) is 24.9. The van der Waals surface area contributed by atoms with Gasteiger partial charge >= 0.3 is 5.97 Å². The van der Waals surface area contributed by atoms with Gasteiger partial charge in [0.15, 0.2) is 17.4 Å². The first-order chi connectivity index (χ1) is 17.1. The number of nitrogens with zero attached hydrogens (tertiary/aromatic N) is 2. The fraction of sp³-hybridized carbons (Fsp3) is 0.633. The second-order valence-electron chi connectivity index (χ2n) is 10.2. The van der Waals surface area contributed by atoms with E-state index in [1.807, 2.05) is 12.4 Å². The molecule has 1 saturated carbocycles. The van der Waals surface area contributed by atoms with E-state index in [1.165, 1.54) is 69.9 Å². The number of rotatable bonds is 14. The number of ether oxygens (including phenoxy) is 1. The molecule has 0 spiro atoms. The van der Waals surface area contributed by atoms with E-state index in [1.54, 1.807) is 6.07 Å². The number of benzene rings is 1. The first-order valence-corrected chi connectivity index (χ1v) is 13.9. The highest BCUT2D eigenvalue weighted by atomic mass is 19.1. The van der Waals surface area contributed by atoms with E-state index >= 15 is 0 Å². The molecule has 0 aliphatic heterocycles. The summed E-state index contributed by atoms with van der Waals surface area (Å²) >= 11 is 0. The van der Waals surface area contributed by atoms with E-state index in [9.17, 15) is 9.18 Å². The number of hydrogen-bond donors (Lipinski definition) is 0. The molecule has 3 rings (SSSR count). The number of hydrogen-bond acceptors (Lipinski definition) is 4. The van der Waals surface area contributed by atoms with Gasteiger partial charge in [-0.05, 0) is 68.2 Å². The number of halogens is 1. The van der Waals surface area contributed by atoms with Crippen LogP contribution in [0.5, 0.6) is 5.75 Å². The predicted octanol–water partition coefficient (Wildman–Crippen LogP) is 8.48. The SMILES string of the molecule is CCCCCCCCCCc1cnc(-c2ccc(OC(=O)[C@H]3CC[C@H](CCC)CC3)c(F)c2)nc1. The summed E-state index contributed by atoms with van der Waals surface area (Å²) in [5.74, 6) is 0.192. The van der Waals surface area contributed by atoms with Crippen LogP contribution >= 0.6 is 0 Å². The van der Waals surface area contributed by atoms with Gasteiger partial charge < -0.3 is 4.74 Å². The molecule has 4 nitrogen and oxygen atoms in total. The largest absolute Gasteiger partial charge is 0.423 e. The molecule has 2 aromatic rings. The Morgan fingerprint density at radius 1 is 0.914 bits per heavy atom. The fourth-order valence-electron chi connectivity index (χ4n) is 5.11. The molecule has 0 N–H and O–H groups in total. The molecule has 0 atom stereocenters. The molecule has 5 heteroatoms. The maximum atomic E-state index is 14.7. The van der Waals surface area contributed by atoms with Crippen LogP contribution in [0.2, 0.25) is 0 Å². The Morgan fingerprint density at radius 2 is 1.57 bits per heavy atom. The summed E-state index contributed by atoms with van der Waals surface area (Å²) in [4.78, 5) is 21.4. The Balaban J connectivity index is 1.44. The van der Waals surface area contributed by atoms with Crippen molar-refractivity contribution in [2.75, 3.05) is 0 Å². The highest BCUT2D eigenvalue weighted by Gasteiger charge is 2.28. The lowest BCUT2D eigenvalue weighted by atomic mass is 9.80. The molecule has 1 aromatic carbocycles. The molecule has 0 bridgehead atoms. The number of carbonyl (C=O) groups excluding carboxylic acids is 1. The third-order valence-electron chi connectivity index (χ3n) is 7.30. The van der Waals surface area contributed by atoms with Gasteiger partial charge in [-0.1, -0.05) is 71.6 Å². The lowest BCUT2D eigenvalue weighted by Gasteiger charge is -2.26. The van der Waals surface area contributed by atoms with Gasteiger partial charge in [-0.15, -0.1) is 0 Å². The Hall–Kier alpha value is -2.30. The van der Waals surface area contributed by atoms with Crippen LogP contribution in [0.15, 0.2) is 30.6 Å². The zero-order valence-corrected chi connectivity index (χ0v) is 21.7. The summed E-state index contributed by atoms with van der Waals surface area (Å²) in [7, 11) is 0. The highest BCUT2D eigenvalue weighted by molar-refractivity contribution is 5.75. The molecule has 1 aliphatic rings. The van der Waals surface area contributed by atoms with E-state index in [4.69, 9.17) is 4.74 Å². The van der Waals surface area contributed by atoms with Crippen LogP contribution in [0.1, 0.15) is 109 Å². The Morgan fingerprint density at radius 3 is 2.20 bits per heavy atom. The quantitative estimate of drug-likeness (QED) is 0.154. The van der Waals surface area contributed by atoms with Crippen molar-refractivity contribution in [3.8, 4) is 17.1 Å². The highest BCUT2D eigenvalue weighted by Crippen LogP contribution is 2.33. The molecule has 35 heavy (non-hydrogen) atoms. The third-order valence-corrected chi connectivity index (χ3v) is 7.30. The first kappa shape index (κ1) is 27.3. The van der Waals surface area contributed by atoms with E-state index in [0.717, 1.165) is 44.1 Å². The second kappa shape index (κ2) is 15.0. The average molecular weight is 483 g/mol. The molecule has 0 amide bonds. The summed E-state index contributed by atoms with van der Waals surface area (Å²) in [6, 6.07) is 4.59. The van der Waals surface area contributed by atoms with Crippen molar-refractivity contribution in [2.45, 2.75) is 110 Å². The van der Waals surface area contributed by atoms with Crippen LogP contribution in [0.4, 0.5) is 4.39 Å². The molecular weight excluding hydrogens is 439 g/mol. The van der Waals surface area contributed by atoms with E-state index < -0.39 is 5.82 Å². The average Bonchev–Trinajstić information content (AvgIpc) is 2.88. The van der Waals surface area contributed by atoms with Crippen molar-refractivity contribution >= 4 is 5.97 Å². The Bertz CT molecular complexity index is 892. The molecule has 0 unspecified atom stereocenters. The van der Waals surface area contributed by atoms with Gasteiger partial charge in [0.1, 0.15) is 0 Å². The maximum Gasteiger partial charge on any atom is 0.314 e. The van der Waals surface area contributed by atoms with E-state index in [-0.39, 0.29) is 17.6 Å². The van der Waals surface area contributed by atoms with Crippen molar-refractivity contribution in [2.24, 2.45) is 11.8 Å². The van der Waals surface area contributed by atoms with Gasteiger partial charge in [0, 0.05) is 18.0 Å². The molecule has 0 saturated heterocycles. The first-order valence-electron chi connectivity index (χ1n) is 13.9. The number of aryl methyl sites for hydroxylation is 1. The number of carbonyl (C=O) groups is 1. The number of unbranched alkanes of at least 4 members (excludes halogenated alkanes) is 7. The summed E-state index contributed by atoms with van der Waals surface area (Å²) in [6.07, 6.45) is 21.2. The smallest absolute Gasteiger partial charge is 0.314 e. The van der Waals surface area contributed by atoms with Crippen molar-refractivity contribution in [3.63, 3.8) is 0 Å². The zero-order valence-electron chi connectivity index (χ0n) is 21.7. The van der Waals surface area contributed by atoms with Gasteiger partial charge in [-0.2, -0.15) is 0 Å². The normalized spacial score (nSPS) is 17.9. The number of aromatic nitrogens is 2. The van der Waals surface area contributed by atoms with Crippen molar-refractivity contribution in [3.05, 3.63) is 42.0 Å². The molecule has 1 heterocycles. The lowest BCUT2D eigenvalue weighted by molar-refractivity contribution is -0.140. The summed E-state index contributed by atoms with van der Waals surface area (Å²) in [6.45, 7) is 4.44. The fourth-order valence-corrected chi connectivity index (χ4v) is 5.11. The molecule has 0 radical (unpaired) electrons. The minimum atomic E-state index is -0.554. The molecule has 192 valence electrons. The number of esters is 1. The van der Waals surface area contributed by atoms with E-state index in [2.05, 4.69) is 23.8 Å². The third kappa shape index (κ3) is 9.01. The van der Waals surface area contributed by atoms with Gasteiger partial charge in [-0.25, -0.2) is 14.4 Å². The van der Waals surface area contributed by atoms with Gasteiger partial charge in [0.2, 0.25) is 0 Å². The topological polar surface area (TPSA) is 52.1 Å². The summed E-state index contributed by atoms with van der Waals surface area (Å²) in [5.41, 5.74) is 1.69. The Kier molecular flexibility index (Phi) is 11.7. The lowest BCUT2D eigenvalue weighted by Crippen LogP contribution is -2.26. The molecular formula is C30H43FN2O2. The second-order valence-corrected chi connectivity index (χ2v) is 10.2. The molecule has 1 fully saturated rings. The minimum absolute atomic E-state index is 0.0132. The predicted molar refractivity (Wildman–Crippen MR) is 140 cm³/mol. The van der Waals surface area contributed by atoms with Crippen molar-refractivity contribution < 1.29 is 13.9 Å². The van der Waals surface area contributed by atoms with Gasteiger partial charge in [-0.3, -0.25) is 4.79 Å². The van der Waals surface area contributed by atoms with Crippen LogP contribution in [0, 0.1) is 17.7 Å². The summed E-state index contributed by atoms with van der Waals surface area (Å²) in [5, 5.41) is 0. The van der Waals surface area contributed by atoms with Crippen LogP contribution in [0.25, 0.3) is 11.4 Å². The van der Waals surface area contributed by atoms with Crippen LogP contribution in [0.3, 0.4) is 0 Å². The summed E-state index contributed by atoms with van der Waals surface area (Å²) < 4.78 is 20.1. The Labute approximate surface area is 211 Å². The van der Waals surface area contributed by atoms with E-state index in [0.29, 0.717) is 17.3 Å². The van der Waals surface area contributed by atoms with Crippen molar-refractivity contribution in [1.29, 1.82) is 0 Å². The standard InChI is InChI=1S/C30H43FN2O2/c1-3-5-6-7-8-9-10-11-13-24-21-32-29(33-22-24)26-18-19-28(27(31)20-26)35-30(34)25-16-14-23(12-4-2)15-17-25/h18-23,25H,3-17H2,1-2H3/t23-,25-. The van der Waals surface area contributed by atoms with Gasteiger partial charge in [0.05, 0.1) is 5.92 Å². The van der Waals surface area contributed by atoms with Crippen LogP contribution in [-0.2, 0) is 11.2 Å². The van der Waals surface area contributed by atoms with Crippen molar-refractivity contribution in [1.82, 2.24) is 9.97 Å². The van der Waals surface area contributed by atoms with Crippen LogP contribution in [-0.4, -0.2) is 15.9 Å². The molecule has 1 aromatic heterocycles. The molecule has 1 aliphatic carbocycles. The van der Waals surface area contributed by atoms with Crippen LogP contribution < -0.4 is 4.74 Å². The monoisotopic (exact) mass is 482 g/mol.